The first-order valence-electron chi connectivity index (χ1n) is 8.11. The van der Waals surface area contributed by atoms with E-state index in [1.807, 2.05) is 0 Å². The van der Waals surface area contributed by atoms with Crippen molar-refractivity contribution in [3.8, 4) is 23.7 Å². The van der Waals surface area contributed by atoms with Crippen LogP contribution in [0.5, 0.6) is 0 Å². The summed E-state index contributed by atoms with van der Waals surface area (Å²) < 4.78 is 0. The number of carbonyl (C=O) groups is 2. The highest BCUT2D eigenvalue weighted by atomic mass is 16.5. The predicted octanol–water partition coefficient (Wildman–Crippen LogP) is 1.22. The van der Waals surface area contributed by atoms with Crippen molar-refractivity contribution in [1.29, 1.82) is 0 Å². The summed E-state index contributed by atoms with van der Waals surface area (Å²) in [5.74, 6) is 10.7. The summed E-state index contributed by atoms with van der Waals surface area (Å²) in [6.45, 7) is 0. The zero-order valence-corrected chi connectivity index (χ0v) is 13.5. The molecule has 136 valence electrons. The molecule has 2 fully saturated rings. The Morgan fingerprint density at radius 2 is 1.81 bits per heavy atom. The number of hydrogen-bond acceptors (Lipinski definition) is 4. The van der Waals surface area contributed by atoms with Crippen LogP contribution in [0.15, 0.2) is 24.3 Å². The Morgan fingerprint density at radius 3 is 2.35 bits per heavy atom. The van der Waals surface area contributed by atoms with Gasteiger partial charge < -0.3 is 10.4 Å². The Bertz CT molecular complexity index is 800. The van der Waals surface area contributed by atoms with Gasteiger partial charge in [0.15, 0.2) is 0 Å². The quantitative estimate of drug-likeness (QED) is 0.371. The van der Waals surface area contributed by atoms with Crippen LogP contribution >= 0.6 is 0 Å². The number of amides is 2. The van der Waals surface area contributed by atoms with Crippen LogP contribution in [0.2, 0.25) is 0 Å². The molecule has 6 nitrogen and oxygen atoms in total. The topological polar surface area (TPSA) is 98.7 Å². The molecule has 1 aromatic carbocycles. The maximum Gasteiger partial charge on any atom is 0.268 e. The number of rotatable bonds is 4. The van der Waals surface area contributed by atoms with E-state index >= 15 is 0 Å². The fourth-order valence-electron chi connectivity index (χ4n) is 2.31. The Hall–Kier alpha value is -2.80. The summed E-state index contributed by atoms with van der Waals surface area (Å²) in [4.78, 5) is 23.9. The molecule has 0 saturated heterocycles. The number of hydroxylamine groups is 1. The van der Waals surface area contributed by atoms with E-state index in [0.717, 1.165) is 18.4 Å². The summed E-state index contributed by atoms with van der Waals surface area (Å²) in [6, 6.07) is 5.35. The van der Waals surface area contributed by atoms with Crippen LogP contribution in [0.3, 0.4) is 0 Å². The van der Waals surface area contributed by atoms with Crippen molar-refractivity contribution in [2.45, 2.75) is 44.8 Å². The molecule has 0 aromatic heterocycles. The van der Waals surface area contributed by atoms with E-state index in [1.54, 1.807) is 24.3 Å². The first kappa shape index (κ1) is 19.5. The van der Waals surface area contributed by atoms with Crippen LogP contribution in [0.4, 0.5) is 0 Å². The van der Waals surface area contributed by atoms with Gasteiger partial charge in [-0.3, -0.25) is 14.8 Å². The summed E-state index contributed by atoms with van der Waals surface area (Å²) in [5.41, 5.74) is 1.23. The van der Waals surface area contributed by atoms with E-state index in [4.69, 9.17) is 5.21 Å². The van der Waals surface area contributed by atoms with Crippen molar-refractivity contribution in [3.63, 3.8) is 0 Å². The molecular formula is C20H22N2O4. The average molecular weight is 354 g/mol. The highest BCUT2D eigenvalue weighted by Gasteiger charge is 2.52. The molecule has 1 aromatic rings. The van der Waals surface area contributed by atoms with Crippen LogP contribution in [-0.4, -0.2) is 33.8 Å². The van der Waals surface area contributed by atoms with Crippen molar-refractivity contribution >= 4 is 11.8 Å². The SMILES string of the molecule is C.O=C(NC(C(=O)NO)C1(O)CC1)c1ccc(C#CC#CC2CC2)cc1. The molecule has 0 aliphatic heterocycles. The van der Waals surface area contributed by atoms with Gasteiger partial charge in [-0.2, -0.15) is 0 Å². The monoisotopic (exact) mass is 354 g/mol. The van der Waals surface area contributed by atoms with Gasteiger partial charge in [0.1, 0.15) is 6.04 Å². The molecule has 1 unspecified atom stereocenters. The van der Waals surface area contributed by atoms with E-state index < -0.39 is 23.5 Å². The second-order valence-electron chi connectivity index (χ2n) is 6.36. The first-order chi connectivity index (χ1) is 12.0. The highest BCUT2D eigenvalue weighted by molar-refractivity contribution is 5.98. The molecule has 2 aliphatic carbocycles. The highest BCUT2D eigenvalue weighted by Crippen LogP contribution is 2.38. The van der Waals surface area contributed by atoms with E-state index in [-0.39, 0.29) is 7.43 Å². The van der Waals surface area contributed by atoms with Crippen LogP contribution in [0.25, 0.3) is 0 Å². The van der Waals surface area contributed by atoms with Crippen molar-refractivity contribution in [2.75, 3.05) is 0 Å². The van der Waals surface area contributed by atoms with Gasteiger partial charge in [-0.15, -0.1) is 0 Å². The summed E-state index contributed by atoms with van der Waals surface area (Å²) >= 11 is 0. The van der Waals surface area contributed by atoms with Crippen LogP contribution in [0, 0.1) is 29.6 Å². The van der Waals surface area contributed by atoms with Gasteiger partial charge in [0, 0.05) is 17.0 Å². The molecule has 0 bridgehead atoms. The number of aliphatic hydroxyl groups is 1. The fourth-order valence-corrected chi connectivity index (χ4v) is 2.31. The molecule has 4 N–H and O–H groups in total. The standard InChI is InChI=1S/C19H18N2O4.CH4/c22-17(20-16(18(23)21-25)19(24)11-12-19)15-9-7-14(8-10-15)4-2-1-3-13-5-6-13;/h7-10,13,16,24-25H,5-6,11-12H2,(H,20,22)(H,21,23);1H4. The molecule has 2 amide bonds. The number of nitrogens with one attached hydrogen (secondary N) is 2. The lowest BCUT2D eigenvalue weighted by Crippen LogP contribution is -2.54. The average Bonchev–Trinajstić information content (AvgIpc) is 3.54. The molecule has 2 aliphatic rings. The molecule has 2 saturated carbocycles. The van der Waals surface area contributed by atoms with Crippen molar-refractivity contribution in [2.24, 2.45) is 5.92 Å². The molecule has 3 rings (SSSR count). The number of carbonyl (C=O) groups excluding carboxylic acids is 2. The van der Waals surface area contributed by atoms with E-state index in [2.05, 4.69) is 29.0 Å². The van der Waals surface area contributed by atoms with E-state index in [1.165, 1.54) is 5.48 Å². The summed E-state index contributed by atoms with van der Waals surface area (Å²) in [6.07, 6.45) is 3.09. The molecule has 26 heavy (non-hydrogen) atoms. The van der Waals surface area contributed by atoms with E-state index in [0.29, 0.717) is 24.3 Å². The zero-order chi connectivity index (χ0) is 17.9. The van der Waals surface area contributed by atoms with Crippen molar-refractivity contribution in [3.05, 3.63) is 35.4 Å². The smallest absolute Gasteiger partial charge is 0.268 e. The summed E-state index contributed by atoms with van der Waals surface area (Å²) in [7, 11) is 0. The van der Waals surface area contributed by atoms with Gasteiger partial charge >= 0.3 is 0 Å². The lowest BCUT2D eigenvalue weighted by atomic mass is 10.1. The molecule has 0 heterocycles. The van der Waals surface area contributed by atoms with Gasteiger partial charge in [0.05, 0.1) is 5.60 Å². The molecule has 0 spiro atoms. The molecule has 1 atom stereocenters. The van der Waals surface area contributed by atoms with Crippen molar-refractivity contribution < 1.29 is 19.9 Å². The molecular weight excluding hydrogens is 332 g/mol. The van der Waals surface area contributed by atoms with Crippen LogP contribution in [-0.2, 0) is 4.79 Å². The minimum absolute atomic E-state index is 0. The lowest BCUT2D eigenvalue weighted by molar-refractivity contribution is -0.134. The van der Waals surface area contributed by atoms with Gasteiger partial charge in [-0.05, 0) is 61.8 Å². The van der Waals surface area contributed by atoms with Gasteiger partial charge in [-0.25, -0.2) is 5.48 Å². The maximum atomic E-state index is 12.3. The molecule has 6 heteroatoms. The fraction of sp³-hybridized carbons (Fsp3) is 0.400. The Balaban J connectivity index is 0.00000243. The number of hydrogen-bond donors (Lipinski definition) is 4. The van der Waals surface area contributed by atoms with Crippen LogP contribution in [0.1, 0.15) is 49.0 Å². The normalized spacial score (nSPS) is 17.2. The predicted molar refractivity (Wildman–Crippen MR) is 95.9 cm³/mol. The minimum atomic E-state index is -1.30. The maximum absolute atomic E-state index is 12.3. The third-order valence-electron chi connectivity index (χ3n) is 4.22. The lowest BCUT2D eigenvalue weighted by Gasteiger charge is -2.21. The second kappa shape index (κ2) is 8.05. The largest absolute Gasteiger partial charge is 0.387 e. The van der Waals surface area contributed by atoms with Crippen molar-refractivity contribution in [1.82, 2.24) is 10.8 Å². The minimum Gasteiger partial charge on any atom is -0.387 e. The third-order valence-corrected chi connectivity index (χ3v) is 4.22. The van der Waals surface area contributed by atoms with Gasteiger partial charge in [0.2, 0.25) is 0 Å². The Morgan fingerprint density at radius 1 is 1.15 bits per heavy atom. The van der Waals surface area contributed by atoms with Gasteiger partial charge in [0.25, 0.3) is 11.8 Å². The first-order valence-corrected chi connectivity index (χ1v) is 8.11. The summed E-state index contributed by atoms with van der Waals surface area (Å²) in [5, 5.41) is 21.3. The van der Waals surface area contributed by atoms with Gasteiger partial charge in [-0.1, -0.05) is 19.3 Å². The molecule has 0 radical (unpaired) electrons. The van der Waals surface area contributed by atoms with Crippen LogP contribution < -0.4 is 10.8 Å². The Labute approximate surface area is 152 Å². The zero-order valence-electron chi connectivity index (χ0n) is 13.5. The van der Waals surface area contributed by atoms with E-state index in [9.17, 15) is 14.7 Å². The Kier molecular flexibility index (Phi) is 6.05. The second-order valence-corrected chi connectivity index (χ2v) is 6.36. The number of benzene rings is 1. The third kappa shape index (κ3) is 4.86.